The summed E-state index contributed by atoms with van der Waals surface area (Å²) >= 11 is 0. The fourth-order valence-electron chi connectivity index (χ4n) is 1.85. The van der Waals surface area contributed by atoms with Crippen LogP contribution in [0.5, 0.6) is 5.75 Å². The van der Waals surface area contributed by atoms with Crippen molar-refractivity contribution in [2.24, 2.45) is 7.05 Å². The van der Waals surface area contributed by atoms with E-state index in [1.807, 2.05) is 42.8 Å². The molecule has 1 atom stereocenters. The number of benzene rings is 1. The van der Waals surface area contributed by atoms with E-state index < -0.39 is 0 Å². The maximum atomic E-state index is 9.27. The molecule has 20 heavy (non-hydrogen) atoms. The topological polar surface area (TPSA) is 60.2 Å². The number of aliphatic hydroxyl groups is 1. The zero-order valence-electron chi connectivity index (χ0n) is 12.2. The van der Waals surface area contributed by atoms with Crippen LogP contribution in [0.3, 0.4) is 0 Å². The molecule has 2 aromatic rings. The Kier molecular flexibility index (Phi) is 4.74. The monoisotopic (exact) mass is 275 g/mol. The van der Waals surface area contributed by atoms with Gasteiger partial charge in [0.25, 0.3) is 0 Å². The minimum absolute atomic E-state index is 0.259. The second kappa shape index (κ2) is 6.52. The molecule has 1 aromatic heterocycles. The number of hydrogen-bond acceptors (Lipinski definition) is 4. The normalized spacial score (nSPS) is 12.4. The molecule has 0 radical (unpaired) electrons. The second-order valence-corrected chi connectivity index (χ2v) is 5.04. The van der Waals surface area contributed by atoms with Crippen LogP contribution in [-0.2, 0) is 20.1 Å². The smallest absolute Gasteiger partial charge is 0.170 e. The van der Waals surface area contributed by atoms with Crippen LogP contribution in [0.1, 0.15) is 30.6 Å². The number of aliphatic hydroxyl groups excluding tert-OH is 1. The van der Waals surface area contributed by atoms with Gasteiger partial charge < -0.3 is 14.4 Å². The van der Waals surface area contributed by atoms with Crippen LogP contribution in [0.25, 0.3) is 0 Å². The minimum atomic E-state index is -0.259. The largest absolute Gasteiger partial charge is 0.486 e. The molecule has 0 aliphatic carbocycles. The fraction of sp³-hybridized carbons (Fsp3) is 0.467. The second-order valence-electron chi connectivity index (χ2n) is 5.04. The third-order valence-corrected chi connectivity index (χ3v) is 3.32. The first-order chi connectivity index (χ1) is 9.56. The molecule has 0 saturated heterocycles. The molecule has 1 unspecified atom stereocenters. The molecule has 0 aliphatic rings. The van der Waals surface area contributed by atoms with Gasteiger partial charge in [0.1, 0.15) is 18.2 Å². The molecule has 0 spiro atoms. The molecule has 5 nitrogen and oxygen atoms in total. The molecule has 108 valence electrons. The predicted octanol–water partition coefficient (Wildman–Crippen LogP) is 2.02. The van der Waals surface area contributed by atoms with Crippen molar-refractivity contribution in [3.63, 3.8) is 0 Å². The average Bonchev–Trinajstić information content (AvgIpc) is 2.75. The maximum absolute atomic E-state index is 9.27. The first-order valence-electron chi connectivity index (χ1n) is 6.81. The molecule has 0 aliphatic heterocycles. The van der Waals surface area contributed by atoms with Crippen LogP contribution in [0.15, 0.2) is 24.3 Å². The van der Waals surface area contributed by atoms with E-state index in [-0.39, 0.29) is 6.10 Å². The summed E-state index contributed by atoms with van der Waals surface area (Å²) in [4.78, 5) is 0. The Balaban J connectivity index is 1.89. The van der Waals surface area contributed by atoms with Gasteiger partial charge in [-0.05, 0) is 44.4 Å². The van der Waals surface area contributed by atoms with Gasteiger partial charge in [-0.3, -0.25) is 0 Å². The van der Waals surface area contributed by atoms with E-state index in [2.05, 4.69) is 10.2 Å². The van der Waals surface area contributed by atoms with E-state index in [1.54, 1.807) is 6.92 Å². The van der Waals surface area contributed by atoms with Gasteiger partial charge in [0.05, 0.1) is 6.10 Å². The van der Waals surface area contributed by atoms with E-state index >= 15 is 0 Å². The van der Waals surface area contributed by atoms with Crippen molar-refractivity contribution in [2.75, 3.05) is 0 Å². The third-order valence-electron chi connectivity index (χ3n) is 3.32. The number of aryl methyl sites for hydroxylation is 2. The quantitative estimate of drug-likeness (QED) is 0.876. The molecule has 2 rings (SSSR count). The number of rotatable bonds is 6. The molecule has 5 heteroatoms. The Morgan fingerprint density at radius 2 is 1.95 bits per heavy atom. The lowest BCUT2D eigenvalue weighted by atomic mass is 10.1. The Hall–Kier alpha value is -1.88. The lowest BCUT2D eigenvalue weighted by molar-refractivity contribution is 0.185. The fourth-order valence-corrected chi connectivity index (χ4v) is 1.85. The maximum Gasteiger partial charge on any atom is 0.170 e. The van der Waals surface area contributed by atoms with Gasteiger partial charge >= 0.3 is 0 Å². The van der Waals surface area contributed by atoms with Crippen LogP contribution in [0.4, 0.5) is 0 Å². The Morgan fingerprint density at radius 1 is 1.25 bits per heavy atom. The average molecular weight is 275 g/mol. The molecular weight excluding hydrogens is 254 g/mol. The summed E-state index contributed by atoms with van der Waals surface area (Å²) in [5, 5.41) is 17.3. The Bertz CT molecular complexity index is 547. The van der Waals surface area contributed by atoms with Gasteiger partial charge in [-0.25, -0.2) is 0 Å². The van der Waals surface area contributed by atoms with Crippen LogP contribution in [0.2, 0.25) is 0 Å². The summed E-state index contributed by atoms with van der Waals surface area (Å²) in [6.07, 6.45) is 1.39. The van der Waals surface area contributed by atoms with E-state index in [0.717, 1.165) is 30.2 Å². The van der Waals surface area contributed by atoms with E-state index in [9.17, 15) is 5.11 Å². The molecule has 0 saturated carbocycles. The molecule has 1 N–H and O–H groups in total. The van der Waals surface area contributed by atoms with Crippen molar-refractivity contribution in [1.29, 1.82) is 0 Å². The van der Waals surface area contributed by atoms with Crippen LogP contribution >= 0.6 is 0 Å². The molecule has 0 amide bonds. The molecule has 0 bridgehead atoms. The van der Waals surface area contributed by atoms with E-state index in [0.29, 0.717) is 6.61 Å². The number of ether oxygens (including phenoxy) is 1. The van der Waals surface area contributed by atoms with Crippen molar-refractivity contribution in [2.45, 2.75) is 39.4 Å². The zero-order valence-corrected chi connectivity index (χ0v) is 12.2. The number of aromatic nitrogens is 3. The molecular formula is C15H21N3O2. The summed E-state index contributed by atoms with van der Waals surface area (Å²) in [7, 11) is 1.92. The van der Waals surface area contributed by atoms with Crippen molar-refractivity contribution in [3.8, 4) is 5.75 Å². The van der Waals surface area contributed by atoms with Gasteiger partial charge in [-0.2, -0.15) is 0 Å². The van der Waals surface area contributed by atoms with Crippen molar-refractivity contribution in [3.05, 3.63) is 41.5 Å². The first kappa shape index (κ1) is 14.5. The highest BCUT2D eigenvalue weighted by molar-refractivity contribution is 5.27. The van der Waals surface area contributed by atoms with Gasteiger partial charge in [0.2, 0.25) is 0 Å². The molecule has 1 aromatic carbocycles. The van der Waals surface area contributed by atoms with Crippen molar-refractivity contribution in [1.82, 2.24) is 14.8 Å². The van der Waals surface area contributed by atoms with Gasteiger partial charge in [0, 0.05) is 7.05 Å². The van der Waals surface area contributed by atoms with E-state index in [1.165, 1.54) is 5.56 Å². The molecule has 1 heterocycles. The highest BCUT2D eigenvalue weighted by Crippen LogP contribution is 2.15. The lowest BCUT2D eigenvalue weighted by Gasteiger charge is -2.08. The number of hydrogen-bond donors (Lipinski definition) is 1. The van der Waals surface area contributed by atoms with E-state index in [4.69, 9.17) is 4.74 Å². The highest BCUT2D eigenvalue weighted by atomic mass is 16.5. The predicted molar refractivity (Wildman–Crippen MR) is 76.5 cm³/mol. The summed E-state index contributed by atoms with van der Waals surface area (Å²) < 4.78 is 7.61. The van der Waals surface area contributed by atoms with Gasteiger partial charge in [0.15, 0.2) is 5.82 Å². The SMILES string of the molecule is Cc1nnc(COc2ccc(CCC(C)O)cc2)n1C. The first-order valence-corrected chi connectivity index (χ1v) is 6.81. The number of nitrogens with zero attached hydrogens (tertiary/aromatic N) is 3. The Labute approximate surface area is 119 Å². The third kappa shape index (κ3) is 3.81. The summed E-state index contributed by atoms with van der Waals surface area (Å²) in [5.74, 6) is 2.49. The Morgan fingerprint density at radius 3 is 2.50 bits per heavy atom. The lowest BCUT2D eigenvalue weighted by Crippen LogP contribution is -2.04. The summed E-state index contributed by atoms with van der Waals surface area (Å²) in [5.41, 5.74) is 1.20. The summed E-state index contributed by atoms with van der Waals surface area (Å²) in [6, 6.07) is 7.94. The highest BCUT2D eigenvalue weighted by Gasteiger charge is 2.05. The van der Waals surface area contributed by atoms with Crippen LogP contribution < -0.4 is 4.74 Å². The van der Waals surface area contributed by atoms with Crippen molar-refractivity contribution < 1.29 is 9.84 Å². The van der Waals surface area contributed by atoms with Crippen molar-refractivity contribution >= 4 is 0 Å². The standard InChI is InChI=1S/C15H21N3O2/c1-11(19)4-5-13-6-8-14(9-7-13)20-10-15-17-16-12(2)18(15)3/h6-9,11,19H,4-5,10H2,1-3H3. The van der Waals surface area contributed by atoms with Crippen LogP contribution in [-0.4, -0.2) is 26.0 Å². The molecule has 0 fully saturated rings. The summed E-state index contributed by atoms with van der Waals surface area (Å²) in [6.45, 7) is 4.12. The zero-order chi connectivity index (χ0) is 14.5. The van der Waals surface area contributed by atoms with Gasteiger partial charge in [-0.15, -0.1) is 10.2 Å². The van der Waals surface area contributed by atoms with Crippen LogP contribution in [0, 0.1) is 6.92 Å². The van der Waals surface area contributed by atoms with Gasteiger partial charge in [-0.1, -0.05) is 12.1 Å². The minimum Gasteiger partial charge on any atom is -0.486 e.